The Morgan fingerprint density at radius 1 is 0.893 bits per heavy atom. The summed E-state index contributed by atoms with van der Waals surface area (Å²) in [5.74, 6) is 0.307. The molecule has 0 amide bonds. The van der Waals surface area contributed by atoms with Gasteiger partial charge in [-0.2, -0.15) is 0 Å². The number of hydrogen-bond donors (Lipinski definition) is 0. The molecular formula is C23H40O4S. The van der Waals surface area contributed by atoms with E-state index in [9.17, 15) is 13.2 Å². The molecule has 1 aromatic carbocycles. The molecule has 0 atom stereocenters. The predicted molar refractivity (Wildman–Crippen MR) is 121 cm³/mol. The molecule has 0 aliphatic carbocycles. The van der Waals surface area contributed by atoms with Crippen LogP contribution in [-0.4, -0.2) is 20.5 Å². The van der Waals surface area contributed by atoms with Crippen LogP contribution in [0.15, 0.2) is 39.8 Å². The standard InChI is InChI=1S/C9H8O3S.C6H12O.2C4H10/c1-13(10,11)8-2-3-9-7(6-8)4-5-12-9;1-3-4-5-6(2)7;2*1-3-4-2/h2-6H,1H3;3-5H2,1-2H3;2*3-4H2,1-2H3. The predicted octanol–water partition coefficient (Wildman–Crippen LogP) is 7.21. The molecule has 0 saturated carbocycles. The van der Waals surface area contributed by atoms with Crippen molar-refractivity contribution in [3.05, 3.63) is 30.5 Å². The van der Waals surface area contributed by atoms with E-state index in [0.717, 1.165) is 24.6 Å². The first kappa shape index (κ1) is 28.6. The highest BCUT2D eigenvalue weighted by Crippen LogP contribution is 2.19. The number of ketones is 1. The Balaban J connectivity index is 0. The number of benzene rings is 1. The second-order valence-electron chi connectivity index (χ2n) is 6.70. The van der Waals surface area contributed by atoms with Gasteiger partial charge in [0, 0.05) is 18.1 Å². The molecule has 0 aliphatic heterocycles. The molecule has 0 bridgehead atoms. The van der Waals surface area contributed by atoms with Crippen molar-refractivity contribution >= 4 is 26.6 Å². The summed E-state index contributed by atoms with van der Waals surface area (Å²) in [6, 6.07) is 6.55. The molecule has 4 nitrogen and oxygen atoms in total. The highest BCUT2D eigenvalue weighted by atomic mass is 32.2. The minimum absolute atomic E-state index is 0.307. The summed E-state index contributed by atoms with van der Waals surface area (Å²) in [6.45, 7) is 12.4. The fourth-order valence-electron chi connectivity index (χ4n) is 1.60. The summed E-state index contributed by atoms with van der Waals surface area (Å²) in [5.41, 5.74) is 0.701. The average Bonchev–Trinajstić information content (AvgIpc) is 3.14. The normalized spacial score (nSPS) is 9.96. The summed E-state index contributed by atoms with van der Waals surface area (Å²) in [5, 5.41) is 0.808. The second kappa shape index (κ2) is 17.5. The Kier molecular flexibility index (Phi) is 17.8. The first-order valence-electron chi connectivity index (χ1n) is 10.3. The van der Waals surface area contributed by atoms with Gasteiger partial charge in [0.1, 0.15) is 11.4 Å². The molecule has 5 heteroatoms. The minimum atomic E-state index is -3.11. The zero-order chi connectivity index (χ0) is 22.0. The van der Waals surface area contributed by atoms with E-state index in [0.29, 0.717) is 16.3 Å². The van der Waals surface area contributed by atoms with Crippen LogP contribution in [0.5, 0.6) is 0 Å². The van der Waals surface area contributed by atoms with E-state index in [4.69, 9.17) is 4.42 Å². The number of sulfone groups is 1. The van der Waals surface area contributed by atoms with Gasteiger partial charge in [-0.1, -0.05) is 66.7 Å². The number of hydrogen-bond acceptors (Lipinski definition) is 4. The van der Waals surface area contributed by atoms with Crippen molar-refractivity contribution in [1.82, 2.24) is 0 Å². The molecule has 2 rings (SSSR count). The fourth-order valence-corrected chi connectivity index (χ4v) is 2.26. The fraction of sp³-hybridized carbons (Fsp3) is 0.609. The van der Waals surface area contributed by atoms with Crippen LogP contribution in [0, 0.1) is 0 Å². The van der Waals surface area contributed by atoms with Crippen LogP contribution in [0.25, 0.3) is 11.0 Å². The molecule has 0 spiro atoms. The summed E-state index contributed by atoms with van der Waals surface area (Å²) in [6.07, 6.45) is 10.9. The summed E-state index contributed by atoms with van der Waals surface area (Å²) in [4.78, 5) is 10.5. The molecule has 162 valence electrons. The Labute approximate surface area is 172 Å². The van der Waals surface area contributed by atoms with E-state index in [1.54, 1.807) is 31.2 Å². The van der Waals surface area contributed by atoms with Crippen molar-refractivity contribution in [2.45, 2.75) is 91.4 Å². The molecule has 0 aliphatic rings. The summed E-state index contributed by atoms with van der Waals surface area (Å²) < 4.78 is 27.4. The molecule has 1 heterocycles. The Hall–Kier alpha value is -1.62. The first-order chi connectivity index (χ1) is 13.2. The minimum Gasteiger partial charge on any atom is -0.464 e. The lowest BCUT2D eigenvalue weighted by atomic mass is 10.2. The van der Waals surface area contributed by atoms with Gasteiger partial charge >= 0.3 is 0 Å². The van der Waals surface area contributed by atoms with Crippen LogP contribution in [0.3, 0.4) is 0 Å². The number of carbonyl (C=O) groups is 1. The van der Waals surface area contributed by atoms with E-state index >= 15 is 0 Å². The van der Waals surface area contributed by atoms with Crippen molar-refractivity contribution in [1.29, 1.82) is 0 Å². The zero-order valence-corrected chi connectivity index (χ0v) is 19.7. The topological polar surface area (TPSA) is 64.3 Å². The number of furan rings is 1. The van der Waals surface area contributed by atoms with Gasteiger partial charge in [-0.25, -0.2) is 8.42 Å². The number of rotatable bonds is 6. The van der Waals surface area contributed by atoms with Gasteiger partial charge in [-0.3, -0.25) is 0 Å². The lowest BCUT2D eigenvalue weighted by molar-refractivity contribution is -0.117. The van der Waals surface area contributed by atoms with E-state index in [-0.39, 0.29) is 0 Å². The summed E-state index contributed by atoms with van der Waals surface area (Å²) in [7, 11) is -3.11. The number of Topliss-reactive ketones (excluding diaryl/α,β-unsaturated/α-hetero) is 1. The van der Waals surface area contributed by atoms with Gasteiger partial charge < -0.3 is 9.21 Å². The molecule has 0 unspecified atom stereocenters. The summed E-state index contributed by atoms with van der Waals surface area (Å²) >= 11 is 0. The Bertz CT molecular complexity index is 722. The van der Waals surface area contributed by atoms with Crippen LogP contribution in [0.1, 0.15) is 86.5 Å². The maximum Gasteiger partial charge on any atom is 0.175 e. The van der Waals surface area contributed by atoms with Gasteiger partial charge in [0.15, 0.2) is 9.84 Å². The quantitative estimate of drug-likeness (QED) is 0.502. The zero-order valence-electron chi connectivity index (χ0n) is 18.9. The largest absolute Gasteiger partial charge is 0.464 e. The Morgan fingerprint density at radius 2 is 1.43 bits per heavy atom. The van der Waals surface area contributed by atoms with Crippen LogP contribution in [-0.2, 0) is 14.6 Å². The highest BCUT2D eigenvalue weighted by molar-refractivity contribution is 7.90. The third-order valence-electron chi connectivity index (χ3n) is 3.73. The molecule has 0 fully saturated rings. The van der Waals surface area contributed by atoms with Crippen molar-refractivity contribution in [2.75, 3.05) is 6.26 Å². The molecule has 0 N–H and O–H groups in total. The number of fused-ring (bicyclic) bond motifs is 1. The van der Waals surface area contributed by atoms with Crippen LogP contribution in [0.2, 0.25) is 0 Å². The van der Waals surface area contributed by atoms with E-state index < -0.39 is 9.84 Å². The van der Waals surface area contributed by atoms with E-state index in [1.165, 1.54) is 38.2 Å². The van der Waals surface area contributed by atoms with Crippen LogP contribution < -0.4 is 0 Å². The average molecular weight is 413 g/mol. The number of unbranched alkanes of at least 4 members (excludes halogenated alkanes) is 3. The molecule has 0 saturated heterocycles. The molecule has 28 heavy (non-hydrogen) atoms. The van der Waals surface area contributed by atoms with Gasteiger partial charge in [-0.05, 0) is 37.6 Å². The SMILES string of the molecule is CCCC.CCCC.CCCCC(C)=O.CS(=O)(=O)c1ccc2occc2c1. The lowest BCUT2D eigenvalue weighted by Gasteiger charge is -1.96. The molecule has 2 aromatic rings. The van der Waals surface area contributed by atoms with Gasteiger partial charge in [0.05, 0.1) is 11.2 Å². The first-order valence-corrected chi connectivity index (χ1v) is 12.2. The molecule has 0 radical (unpaired) electrons. The van der Waals surface area contributed by atoms with Crippen molar-refractivity contribution < 1.29 is 17.6 Å². The van der Waals surface area contributed by atoms with Gasteiger partial charge in [0.25, 0.3) is 0 Å². The molecular weight excluding hydrogens is 372 g/mol. The molecule has 1 aromatic heterocycles. The van der Waals surface area contributed by atoms with E-state index in [1.807, 2.05) is 0 Å². The second-order valence-corrected chi connectivity index (χ2v) is 8.71. The maximum absolute atomic E-state index is 11.2. The monoisotopic (exact) mass is 412 g/mol. The maximum atomic E-state index is 11.2. The van der Waals surface area contributed by atoms with Gasteiger partial charge in [-0.15, -0.1) is 0 Å². The third kappa shape index (κ3) is 15.4. The smallest absolute Gasteiger partial charge is 0.175 e. The third-order valence-corrected chi connectivity index (χ3v) is 4.84. The van der Waals surface area contributed by atoms with Crippen LogP contribution in [0.4, 0.5) is 0 Å². The van der Waals surface area contributed by atoms with Crippen molar-refractivity contribution in [3.8, 4) is 0 Å². The number of carbonyl (C=O) groups excluding carboxylic acids is 1. The van der Waals surface area contributed by atoms with Crippen molar-refractivity contribution in [3.63, 3.8) is 0 Å². The van der Waals surface area contributed by atoms with Crippen LogP contribution >= 0.6 is 0 Å². The Morgan fingerprint density at radius 3 is 1.79 bits per heavy atom. The highest BCUT2D eigenvalue weighted by Gasteiger charge is 2.07. The van der Waals surface area contributed by atoms with E-state index in [2.05, 4.69) is 34.6 Å². The lowest BCUT2D eigenvalue weighted by Crippen LogP contribution is -1.95. The van der Waals surface area contributed by atoms with Crippen molar-refractivity contribution in [2.24, 2.45) is 0 Å². The van der Waals surface area contributed by atoms with Gasteiger partial charge in [0.2, 0.25) is 0 Å².